The molecule has 6 atom stereocenters. The lowest BCUT2D eigenvalue weighted by Crippen LogP contribution is -2.55. The van der Waals surface area contributed by atoms with Crippen LogP contribution in [-0.4, -0.2) is 22.5 Å². The van der Waals surface area contributed by atoms with Crippen LogP contribution in [0.2, 0.25) is 0 Å². The summed E-state index contributed by atoms with van der Waals surface area (Å²) in [5.41, 5.74) is 2.44. The first-order valence-corrected chi connectivity index (χ1v) is 11.4. The van der Waals surface area contributed by atoms with E-state index in [4.69, 9.17) is 4.74 Å². The summed E-state index contributed by atoms with van der Waals surface area (Å²) in [5, 5.41) is 12.7. The minimum atomic E-state index is -0.319. The number of allylic oxidation sites excluding steroid dienone is 2. The molecule has 4 fully saturated rings. The molecule has 1 heterocycles. The summed E-state index contributed by atoms with van der Waals surface area (Å²) in [7, 11) is 0. The minimum absolute atomic E-state index is 0.112. The number of carbonyl (C=O) groups excluding carboxylic acids is 1. The number of carbonyl (C=O) groups is 1. The molecule has 3 unspecified atom stereocenters. The average Bonchev–Trinajstić information content (AvgIpc) is 3.34. The van der Waals surface area contributed by atoms with Crippen molar-refractivity contribution in [1.29, 1.82) is 0 Å². The molecule has 1 N–H and O–H groups in total. The summed E-state index contributed by atoms with van der Waals surface area (Å²) in [6.07, 6.45) is 17.8. The van der Waals surface area contributed by atoms with E-state index in [1.807, 2.05) is 0 Å². The Hall–Kier alpha value is -1.58. The molecule has 0 aromatic rings. The number of rotatable bonds is 1. The zero-order valence-corrected chi connectivity index (χ0v) is 16.8. The van der Waals surface area contributed by atoms with Crippen molar-refractivity contribution < 1.29 is 14.7 Å². The Morgan fingerprint density at radius 1 is 1.18 bits per heavy atom. The summed E-state index contributed by atoms with van der Waals surface area (Å²) < 4.78 is 6.26. The van der Waals surface area contributed by atoms with Crippen molar-refractivity contribution in [3.8, 4) is 0 Å². The monoisotopic (exact) mass is 381 g/mol. The van der Waals surface area contributed by atoms with E-state index >= 15 is 0 Å². The smallest absolute Gasteiger partial charge is 0.331 e. The molecule has 0 aromatic carbocycles. The lowest BCUT2D eigenvalue weighted by atomic mass is 9.49. The summed E-state index contributed by atoms with van der Waals surface area (Å²) in [6.45, 7) is 2.34. The van der Waals surface area contributed by atoms with E-state index in [1.165, 1.54) is 44.1 Å². The van der Waals surface area contributed by atoms with E-state index in [2.05, 4.69) is 24.2 Å². The molecular weight excluding hydrogens is 350 g/mol. The van der Waals surface area contributed by atoms with Crippen molar-refractivity contribution in [2.75, 3.05) is 0 Å². The van der Waals surface area contributed by atoms with Crippen LogP contribution in [0.1, 0.15) is 71.1 Å². The number of ether oxygens (including phenoxy) is 1. The Labute approximate surface area is 167 Å². The van der Waals surface area contributed by atoms with Crippen molar-refractivity contribution in [3.63, 3.8) is 0 Å². The van der Waals surface area contributed by atoms with Crippen LogP contribution in [-0.2, 0) is 9.53 Å². The third kappa shape index (κ3) is 1.88. The van der Waals surface area contributed by atoms with Gasteiger partial charge in [-0.3, -0.25) is 0 Å². The van der Waals surface area contributed by atoms with Gasteiger partial charge in [0.15, 0.2) is 0 Å². The lowest BCUT2D eigenvalue weighted by Gasteiger charge is -2.56. The molecule has 0 saturated heterocycles. The maximum Gasteiger partial charge on any atom is 0.331 e. The first-order chi connectivity index (χ1) is 13.6. The van der Waals surface area contributed by atoms with Crippen molar-refractivity contribution in [1.82, 2.24) is 0 Å². The first-order valence-electron chi connectivity index (χ1n) is 11.4. The van der Waals surface area contributed by atoms with Crippen molar-refractivity contribution >= 4 is 11.7 Å². The van der Waals surface area contributed by atoms with Crippen LogP contribution < -0.4 is 0 Å². The molecule has 6 aliphatic rings. The topological polar surface area (TPSA) is 58.9 Å². The Kier molecular flexibility index (Phi) is 3.41. The van der Waals surface area contributed by atoms with Gasteiger partial charge >= 0.3 is 5.97 Å². The van der Waals surface area contributed by atoms with Crippen LogP contribution in [0.4, 0.5) is 0 Å². The van der Waals surface area contributed by atoms with Crippen LogP contribution in [0.5, 0.6) is 0 Å². The summed E-state index contributed by atoms with van der Waals surface area (Å²) in [4.78, 5) is 12.2. The zero-order valence-electron chi connectivity index (χ0n) is 16.8. The molecule has 0 amide bonds. The third-order valence-electron chi connectivity index (χ3n) is 9.99. The summed E-state index contributed by atoms with van der Waals surface area (Å²) >= 11 is 0. The Balaban J connectivity index is 1.39. The van der Waals surface area contributed by atoms with Crippen molar-refractivity contribution in [2.24, 2.45) is 39.7 Å². The third-order valence-corrected chi connectivity index (χ3v) is 9.99. The van der Waals surface area contributed by atoms with Gasteiger partial charge in [0.25, 0.3) is 0 Å². The molecule has 2 spiro atoms. The van der Waals surface area contributed by atoms with E-state index in [-0.39, 0.29) is 22.4 Å². The Morgan fingerprint density at radius 2 is 2.04 bits per heavy atom. The predicted molar refractivity (Wildman–Crippen MR) is 106 cm³/mol. The molecule has 4 saturated carbocycles. The highest BCUT2D eigenvalue weighted by atomic mass is 16.6. The molecule has 1 aliphatic heterocycles. The number of nitrogens with zero attached hydrogens (tertiary/aromatic N) is 1. The number of hydrogen-bond donors (Lipinski definition) is 1. The normalized spacial score (nSPS) is 49.0. The standard InChI is InChI=1S/C24H31NO3/c1-2-23-9-7-18-17-6-4-16(25-27)13-15(17)3-5-19(18)20(23)14-22(11-12-22)24(23)10-8-21(26)28-24/h8,10,13,17-20,27H,2-7,9,11-12,14H2,1H3/b25-16+/t17-,18?,19?,20?,23-,24-/m0/s1. The maximum atomic E-state index is 12.2. The molecule has 0 aromatic heterocycles. The van der Waals surface area contributed by atoms with Gasteiger partial charge in [0.1, 0.15) is 5.60 Å². The molecule has 6 rings (SSSR count). The molecular formula is C24H31NO3. The average molecular weight is 382 g/mol. The highest BCUT2D eigenvalue weighted by Crippen LogP contribution is 2.79. The molecule has 0 radical (unpaired) electrons. The summed E-state index contributed by atoms with van der Waals surface area (Å²) in [5.74, 6) is 2.76. The van der Waals surface area contributed by atoms with E-state index in [9.17, 15) is 10.0 Å². The molecule has 5 aliphatic carbocycles. The number of esters is 1. The predicted octanol–water partition coefficient (Wildman–Crippen LogP) is 5.02. The fourth-order valence-corrected chi connectivity index (χ4v) is 8.79. The maximum absolute atomic E-state index is 12.2. The summed E-state index contributed by atoms with van der Waals surface area (Å²) in [6, 6.07) is 0. The van der Waals surface area contributed by atoms with Crippen molar-refractivity contribution in [2.45, 2.75) is 76.7 Å². The van der Waals surface area contributed by atoms with E-state index < -0.39 is 0 Å². The van der Waals surface area contributed by atoms with Gasteiger partial charge in [-0.1, -0.05) is 17.7 Å². The fourth-order valence-electron chi connectivity index (χ4n) is 8.79. The SMILES string of the molecule is CC[C@]12CCC3C(CCC4=C/C(=N/O)CC[C@@H]43)C1CC1(CC1)[C@@]21C=CC(=O)O1. The van der Waals surface area contributed by atoms with Gasteiger partial charge in [0, 0.05) is 16.9 Å². The van der Waals surface area contributed by atoms with Gasteiger partial charge in [-0.2, -0.15) is 0 Å². The highest BCUT2D eigenvalue weighted by molar-refractivity contribution is 5.96. The van der Waals surface area contributed by atoms with E-state index in [0.717, 1.165) is 43.2 Å². The van der Waals surface area contributed by atoms with Crippen LogP contribution in [0.3, 0.4) is 0 Å². The second-order valence-electron chi connectivity index (χ2n) is 10.5. The molecule has 4 nitrogen and oxygen atoms in total. The van der Waals surface area contributed by atoms with Crippen molar-refractivity contribution in [3.05, 3.63) is 23.8 Å². The molecule has 4 heteroatoms. The zero-order chi connectivity index (χ0) is 19.1. The second kappa shape index (κ2) is 5.52. The quantitative estimate of drug-likeness (QED) is 0.394. The molecule has 0 bridgehead atoms. The minimum Gasteiger partial charge on any atom is -0.450 e. The van der Waals surface area contributed by atoms with Crippen LogP contribution in [0.15, 0.2) is 29.0 Å². The Morgan fingerprint density at radius 3 is 2.71 bits per heavy atom. The lowest BCUT2D eigenvalue weighted by molar-refractivity contribution is -0.172. The van der Waals surface area contributed by atoms with Crippen LogP contribution >= 0.6 is 0 Å². The van der Waals surface area contributed by atoms with Gasteiger partial charge in [0.2, 0.25) is 0 Å². The van der Waals surface area contributed by atoms with Gasteiger partial charge in [-0.05, 0) is 100 Å². The number of fused-ring (bicyclic) bond motifs is 7. The fraction of sp³-hybridized carbons (Fsp3) is 0.750. The van der Waals surface area contributed by atoms with Gasteiger partial charge in [-0.25, -0.2) is 4.79 Å². The van der Waals surface area contributed by atoms with Gasteiger partial charge in [0.05, 0.1) is 5.71 Å². The van der Waals surface area contributed by atoms with E-state index in [0.29, 0.717) is 11.8 Å². The van der Waals surface area contributed by atoms with Crippen LogP contribution in [0, 0.1) is 34.5 Å². The molecule has 28 heavy (non-hydrogen) atoms. The first kappa shape index (κ1) is 17.3. The highest BCUT2D eigenvalue weighted by Gasteiger charge is 2.78. The van der Waals surface area contributed by atoms with E-state index in [1.54, 1.807) is 6.08 Å². The van der Waals surface area contributed by atoms with Gasteiger partial charge in [-0.15, -0.1) is 0 Å². The molecule has 150 valence electrons. The Bertz CT molecular complexity index is 822. The number of oxime groups is 1. The second-order valence-corrected chi connectivity index (χ2v) is 10.5. The van der Waals surface area contributed by atoms with Crippen LogP contribution in [0.25, 0.3) is 0 Å². The van der Waals surface area contributed by atoms with Gasteiger partial charge < -0.3 is 9.94 Å². The largest absolute Gasteiger partial charge is 0.450 e. The number of hydrogen-bond acceptors (Lipinski definition) is 4.